The summed E-state index contributed by atoms with van der Waals surface area (Å²) in [6, 6.07) is 0.460. The van der Waals surface area contributed by atoms with Crippen LogP contribution in [0.1, 0.15) is 25.7 Å². The van der Waals surface area contributed by atoms with Crippen LogP contribution in [0.3, 0.4) is 0 Å². The first-order chi connectivity index (χ1) is 7.38. The lowest BCUT2D eigenvalue weighted by atomic mass is 9.87. The number of rotatable bonds is 0. The fourth-order valence-electron chi connectivity index (χ4n) is 2.81. The number of fused-ring (bicyclic) bond motifs is 1. The van der Waals surface area contributed by atoms with E-state index in [9.17, 15) is 0 Å². The van der Waals surface area contributed by atoms with Crippen LogP contribution in [-0.4, -0.2) is 31.3 Å². The molecule has 0 aromatic rings. The molecule has 1 fully saturated rings. The molecule has 1 spiro atoms. The van der Waals surface area contributed by atoms with Gasteiger partial charge in [-0.1, -0.05) is 6.08 Å². The normalized spacial score (nSPS) is 37.9. The zero-order valence-electron chi connectivity index (χ0n) is 8.89. The minimum Gasteiger partial charge on any atom is -0.344 e. The number of hydrogen-bond donors (Lipinski definition) is 0. The molecule has 2 aliphatic heterocycles. The van der Waals surface area contributed by atoms with Gasteiger partial charge in [0.15, 0.2) is 5.79 Å². The van der Waals surface area contributed by atoms with E-state index in [4.69, 9.17) is 9.47 Å². The molecule has 3 heteroatoms. The summed E-state index contributed by atoms with van der Waals surface area (Å²) in [5, 5.41) is 0. The fourth-order valence-corrected chi connectivity index (χ4v) is 2.81. The highest BCUT2D eigenvalue weighted by molar-refractivity contribution is 5.58. The van der Waals surface area contributed by atoms with Gasteiger partial charge in [-0.05, 0) is 37.5 Å². The van der Waals surface area contributed by atoms with E-state index in [2.05, 4.69) is 23.4 Å². The molecule has 2 heterocycles. The maximum Gasteiger partial charge on any atom is 0.188 e. The Kier molecular flexibility index (Phi) is 2.37. The van der Waals surface area contributed by atoms with Crippen molar-refractivity contribution in [3.8, 4) is 0 Å². The summed E-state index contributed by atoms with van der Waals surface area (Å²) in [5.74, 6) is 0.217. The Bertz CT molecular complexity index is 292. The molecule has 3 aliphatic rings. The van der Waals surface area contributed by atoms with E-state index in [1.165, 1.54) is 6.42 Å². The van der Waals surface area contributed by atoms with Crippen LogP contribution in [0.5, 0.6) is 0 Å². The molecule has 82 valence electrons. The second kappa shape index (κ2) is 3.72. The van der Waals surface area contributed by atoms with Crippen molar-refractivity contribution in [2.75, 3.05) is 13.2 Å². The highest BCUT2D eigenvalue weighted by atomic mass is 16.7. The Morgan fingerprint density at radius 2 is 2.13 bits per heavy atom. The molecule has 0 N–H and O–H groups in total. The average molecular weight is 207 g/mol. The Morgan fingerprint density at radius 3 is 3.00 bits per heavy atom. The molecule has 0 saturated carbocycles. The molecule has 15 heavy (non-hydrogen) atoms. The maximum atomic E-state index is 5.75. The molecule has 2 unspecified atom stereocenters. The molecule has 0 radical (unpaired) electrons. The maximum absolute atomic E-state index is 5.75. The minimum absolute atomic E-state index is 0.410. The molecule has 3 nitrogen and oxygen atoms in total. The molecule has 0 aromatic heterocycles. The van der Waals surface area contributed by atoms with Gasteiger partial charge in [0.25, 0.3) is 0 Å². The number of hydrogen-bond acceptors (Lipinski definition) is 3. The third kappa shape index (κ3) is 1.74. The minimum atomic E-state index is -0.410. The molecule has 1 aliphatic carbocycles. The van der Waals surface area contributed by atoms with Gasteiger partial charge in [-0.15, -0.1) is 0 Å². The van der Waals surface area contributed by atoms with Crippen LogP contribution in [0.4, 0.5) is 0 Å². The van der Waals surface area contributed by atoms with Gasteiger partial charge >= 0.3 is 0 Å². The molecule has 2 atom stereocenters. The van der Waals surface area contributed by atoms with E-state index in [0.717, 1.165) is 32.5 Å². The Balaban J connectivity index is 1.82. The first-order valence-electron chi connectivity index (χ1n) is 5.85. The van der Waals surface area contributed by atoms with E-state index in [-0.39, 0.29) is 0 Å². The largest absolute Gasteiger partial charge is 0.344 e. The van der Waals surface area contributed by atoms with E-state index in [0.29, 0.717) is 12.0 Å². The predicted octanol–water partition coefficient (Wildman–Crippen LogP) is 1.93. The molecular weight excluding hydrogens is 190 g/mol. The van der Waals surface area contributed by atoms with Crippen LogP contribution in [-0.2, 0) is 9.47 Å². The van der Waals surface area contributed by atoms with Crippen LogP contribution >= 0.6 is 0 Å². The third-order valence-electron chi connectivity index (χ3n) is 3.58. The van der Waals surface area contributed by atoms with Crippen LogP contribution in [0, 0.1) is 5.92 Å². The smallest absolute Gasteiger partial charge is 0.188 e. The van der Waals surface area contributed by atoms with Gasteiger partial charge in [-0.3, -0.25) is 4.99 Å². The summed E-state index contributed by atoms with van der Waals surface area (Å²) in [7, 11) is 0. The van der Waals surface area contributed by atoms with Crippen LogP contribution in [0.25, 0.3) is 0 Å². The zero-order valence-corrected chi connectivity index (χ0v) is 8.89. The SMILES string of the molecule is C1=CC2(CC3CCC=NC3C1)OCCO2. The van der Waals surface area contributed by atoms with Crippen molar-refractivity contribution in [1.29, 1.82) is 0 Å². The predicted molar refractivity (Wildman–Crippen MR) is 58.0 cm³/mol. The van der Waals surface area contributed by atoms with Crippen molar-refractivity contribution in [3.63, 3.8) is 0 Å². The number of ether oxygens (including phenoxy) is 2. The second-order valence-corrected chi connectivity index (χ2v) is 4.59. The van der Waals surface area contributed by atoms with E-state index in [1.54, 1.807) is 0 Å². The topological polar surface area (TPSA) is 30.8 Å². The monoisotopic (exact) mass is 207 g/mol. The summed E-state index contributed by atoms with van der Waals surface area (Å²) >= 11 is 0. The first kappa shape index (κ1) is 9.55. The number of aliphatic imine (C=N–C) groups is 1. The molecule has 3 rings (SSSR count). The van der Waals surface area contributed by atoms with Crippen molar-refractivity contribution in [2.45, 2.75) is 37.5 Å². The lowest BCUT2D eigenvalue weighted by Crippen LogP contribution is -2.33. The molecule has 0 bridgehead atoms. The van der Waals surface area contributed by atoms with Gasteiger partial charge in [0.2, 0.25) is 0 Å². The zero-order chi connectivity index (χ0) is 10.1. The summed E-state index contributed by atoms with van der Waals surface area (Å²) in [5.41, 5.74) is 0. The van der Waals surface area contributed by atoms with Crippen molar-refractivity contribution in [2.24, 2.45) is 10.9 Å². The standard InChI is InChI=1S/C12H17NO2/c1-4-11-10(3-2-6-13-11)9-12(5-1)14-7-8-15-12/h1,5-6,10-11H,2-4,7-9H2. The summed E-state index contributed by atoms with van der Waals surface area (Å²) in [4.78, 5) is 4.58. The molecule has 0 aromatic carbocycles. The first-order valence-corrected chi connectivity index (χ1v) is 5.85. The Labute approximate surface area is 90.2 Å². The van der Waals surface area contributed by atoms with Crippen molar-refractivity contribution in [1.82, 2.24) is 0 Å². The van der Waals surface area contributed by atoms with Gasteiger partial charge < -0.3 is 9.47 Å². The molecule has 1 saturated heterocycles. The van der Waals surface area contributed by atoms with Crippen LogP contribution in [0.2, 0.25) is 0 Å². The lowest BCUT2D eigenvalue weighted by Gasteiger charge is -2.30. The van der Waals surface area contributed by atoms with Gasteiger partial charge in [0, 0.05) is 6.42 Å². The highest BCUT2D eigenvalue weighted by Gasteiger charge is 2.40. The van der Waals surface area contributed by atoms with Gasteiger partial charge in [0.1, 0.15) is 0 Å². The van der Waals surface area contributed by atoms with Crippen molar-refractivity contribution in [3.05, 3.63) is 12.2 Å². The van der Waals surface area contributed by atoms with E-state index in [1.807, 2.05) is 0 Å². The summed E-state index contributed by atoms with van der Waals surface area (Å²) < 4.78 is 11.5. The van der Waals surface area contributed by atoms with Crippen molar-refractivity contribution < 1.29 is 9.47 Å². The molecular formula is C12H17NO2. The highest BCUT2D eigenvalue weighted by Crippen LogP contribution is 2.37. The summed E-state index contributed by atoms with van der Waals surface area (Å²) in [6.07, 6.45) is 10.7. The lowest BCUT2D eigenvalue weighted by molar-refractivity contribution is -0.130. The van der Waals surface area contributed by atoms with Gasteiger partial charge in [-0.2, -0.15) is 0 Å². The Hall–Kier alpha value is -0.670. The van der Waals surface area contributed by atoms with Gasteiger partial charge in [0.05, 0.1) is 19.3 Å². The number of nitrogens with zero attached hydrogens (tertiary/aromatic N) is 1. The van der Waals surface area contributed by atoms with Crippen molar-refractivity contribution >= 4 is 6.21 Å². The van der Waals surface area contributed by atoms with E-state index < -0.39 is 5.79 Å². The van der Waals surface area contributed by atoms with Crippen LogP contribution < -0.4 is 0 Å². The fraction of sp³-hybridized carbons (Fsp3) is 0.750. The third-order valence-corrected chi connectivity index (χ3v) is 3.58. The average Bonchev–Trinajstić information content (AvgIpc) is 2.61. The quantitative estimate of drug-likeness (QED) is 0.568. The Morgan fingerprint density at radius 1 is 1.27 bits per heavy atom. The second-order valence-electron chi connectivity index (χ2n) is 4.59. The summed E-state index contributed by atoms with van der Waals surface area (Å²) in [6.45, 7) is 1.45. The van der Waals surface area contributed by atoms with Crippen LogP contribution in [0.15, 0.2) is 17.1 Å². The van der Waals surface area contributed by atoms with Gasteiger partial charge in [-0.25, -0.2) is 0 Å². The molecule has 0 amide bonds. The van der Waals surface area contributed by atoms with E-state index >= 15 is 0 Å².